The SMILES string of the molecule is CCC1(C(C)(C)C)OOC12OO2. The molecule has 2 rings (SSSR count). The van der Waals surface area contributed by atoms with Crippen LogP contribution in [0.3, 0.4) is 0 Å². The zero-order chi connectivity index (χ0) is 9.04. The molecule has 2 heterocycles. The lowest BCUT2D eigenvalue weighted by Gasteiger charge is -2.49. The van der Waals surface area contributed by atoms with E-state index in [2.05, 4.69) is 20.8 Å². The Balaban J connectivity index is 2.26. The molecule has 1 atom stereocenters. The minimum absolute atomic E-state index is 0.0590. The van der Waals surface area contributed by atoms with Crippen LogP contribution in [0.25, 0.3) is 0 Å². The molecule has 2 aliphatic heterocycles. The predicted octanol–water partition coefficient (Wildman–Crippen LogP) is 1.76. The topological polar surface area (TPSA) is 43.5 Å². The van der Waals surface area contributed by atoms with Crippen molar-refractivity contribution in [3.63, 3.8) is 0 Å². The van der Waals surface area contributed by atoms with E-state index < -0.39 is 11.6 Å². The summed E-state index contributed by atoms with van der Waals surface area (Å²) in [6.45, 7) is 8.25. The molecule has 0 amide bonds. The lowest BCUT2D eigenvalue weighted by atomic mass is 9.72. The third kappa shape index (κ3) is 0.713. The van der Waals surface area contributed by atoms with Crippen LogP contribution < -0.4 is 0 Å². The van der Waals surface area contributed by atoms with Gasteiger partial charge in [-0.25, -0.2) is 4.89 Å². The van der Waals surface area contributed by atoms with Gasteiger partial charge in [-0.2, -0.15) is 14.7 Å². The van der Waals surface area contributed by atoms with E-state index in [-0.39, 0.29) is 5.41 Å². The van der Waals surface area contributed by atoms with Crippen molar-refractivity contribution in [1.82, 2.24) is 0 Å². The number of rotatable bonds is 1. The molecule has 4 heteroatoms. The van der Waals surface area contributed by atoms with E-state index in [1.54, 1.807) is 0 Å². The van der Waals surface area contributed by atoms with Gasteiger partial charge in [-0.05, 0) is 6.42 Å². The minimum Gasteiger partial charge on any atom is -0.215 e. The van der Waals surface area contributed by atoms with Crippen molar-refractivity contribution in [2.45, 2.75) is 45.7 Å². The summed E-state index contributed by atoms with van der Waals surface area (Å²) in [5, 5.41) is 0. The molecule has 0 radical (unpaired) electrons. The highest BCUT2D eigenvalue weighted by Crippen LogP contribution is 2.61. The molecule has 12 heavy (non-hydrogen) atoms. The molecule has 1 spiro atoms. The van der Waals surface area contributed by atoms with E-state index in [1.807, 2.05) is 6.92 Å². The lowest BCUT2D eigenvalue weighted by molar-refractivity contribution is -0.577. The third-order valence-corrected chi connectivity index (χ3v) is 2.73. The smallest absolute Gasteiger partial charge is 0.215 e. The van der Waals surface area contributed by atoms with E-state index in [1.165, 1.54) is 0 Å². The Morgan fingerprint density at radius 3 is 1.58 bits per heavy atom. The Labute approximate surface area is 71.6 Å². The normalized spacial score (nSPS) is 38.0. The first-order valence-electron chi connectivity index (χ1n) is 4.21. The second-order valence-electron chi connectivity index (χ2n) is 4.32. The maximum Gasteiger partial charge on any atom is 0.397 e. The first-order valence-corrected chi connectivity index (χ1v) is 4.21. The first-order chi connectivity index (χ1) is 5.47. The van der Waals surface area contributed by atoms with Gasteiger partial charge in [0.25, 0.3) is 0 Å². The van der Waals surface area contributed by atoms with Gasteiger partial charge < -0.3 is 0 Å². The molecular weight excluding hydrogens is 160 g/mol. The molecule has 70 valence electrons. The van der Waals surface area contributed by atoms with E-state index in [0.29, 0.717) is 0 Å². The van der Waals surface area contributed by atoms with Crippen LogP contribution in [-0.2, 0) is 19.6 Å². The highest BCUT2D eigenvalue weighted by Gasteiger charge is 2.81. The zero-order valence-corrected chi connectivity index (χ0v) is 7.84. The Morgan fingerprint density at radius 1 is 1.00 bits per heavy atom. The molecular formula is C8H14O4. The lowest BCUT2D eigenvalue weighted by Crippen LogP contribution is -2.66. The van der Waals surface area contributed by atoms with Crippen molar-refractivity contribution < 1.29 is 19.6 Å². The van der Waals surface area contributed by atoms with Gasteiger partial charge in [0.05, 0.1) is 0 Å². The van der Waals surface area contributed by atoms with Gasteiger partial charge in [0.15, 0.2) is 5.60 Å². The fourth-order valence-electron chi connectivity index (χ4n) is 1.80. The average Bonchev–Trinajstić information content (AvgIpc) is 2.62. The Bertz CT molecular complexity index is 196. The second-order valence-corrected chi connectivity index (χ2v) is 4.32. The molecule has 0 aromatic heterocycles. The van der Waals surface area contributed by atoms with Crippen LogP contribution in [0.1, 0.15) is 34.1 Å². The maximum atomic E-state index is 5.16. The van der Waals surface area contributed by atoms with Gasteiger partial charge in [-0.15, -0.1) is 0 Å². The molecule has 0 aliphatic carbocycles. The van der Waals surface area contributed by atoms with E-state index in [4.69, 9.17) is 19.6 Å². The van der Waals surface area contributed by atoms with Gasteiger partial charge in [0, 0.05) is 5.41 Å². The van der Waals surface area contributed by atoms with Crippen molar-refractivity contribution in [1.29, 1.82) is 0 Å². The molecule has 4 nitrogen and oxygen atoms in total. The fraction of sp³-hybridized carbons (Fsp3) is 1.00. The number of hydrogen-bond acceptors (Lipinski definition) is 4. The third-order valence-electron chi connectivity index (χ3n) is 2.73. The summed E-state index contributed by atoms with van der Waals surface area (Å²) in [4.78, 5) is 19.6. The number of hydrogen-bond donors (Lipinski definition) is 0. The molecule has 2 saturated heterocycles. The fourth-order valence-corrected chi connectivity index (χ4v) is 1.80. The summed E-state index contributed by atoms with van der Waals surface area (Å²) in [5.41, 5.74) is -0.517. The quantitative estimate of drug-likeness (QED) is 0.448. The summed E-state index contributed by atoms with van der Waals surface area (Å²) < 4.78 is 0. The molecule has 2 aliphatic rings. The van der Waals surface area contributed by atoms with Crippen molar-refractivity contribution in [3.8, 4) is 0 Å². The highest BCUT2D eigenvalue weighted by atomic mass is 17.5. The largest absolute Gasteiger partial charge is 0.397 e. The minimum atomic E-state index is -0.903. The molecule has 0 aromatic carbocycles. The van der Waals surface area contributed by atoms with Crippen molar-refractivity contribution >= 4 is 0 Å². The van der Waals surface area contributed by atoms with Crippen LogP contribution in [0.5, 0.6) is 0 Å². The Hall–Kier alpha value is -0.160. The average molecular weight is 174 g/mol. The molecule has 2 fully saturated rings. The van der Waals surface area contributed by atoms with Crippen LogP contribution in [0.2, 0.25) is 0 Å². The van der Waals surface area contributed by atoms with Crippen molar-refractivity contribution in [2.75, 3.05) is 0 Å². The standard InChI is InChI=1S/C8H14O4/c1-5-7(6(2,3)4)8(10-9-7)11-12-8/h5H2,1-4H3. The van der Waals surface area contributed by atoms with Crippen molar-refractivity contribution in [2.24, 2.45) is 5.41 Å². The Morgan fingerprint density at radius 2 is 1.50 bits per heavy atom. The van der Waals surface area contributed by atoms with E-state index >= 15 is 0 Å². The van der Waals surface area contributed by atoms with Gasteiger partial charge in [0.1, 0.15) is 0 Å². The van der Waals surface area contributed by atoms with Crippen LogP contribution in [0.15, 0.2) is 0 Å². The van der Waals surface area contributed by atoms with E-state index in [0.717, 1.165) is 6.42 Å². The van der Waals surface area contributed by atoms with Gasteiger partial charge >= 0.3 is 5.97 Å². The summed E-state index contributed by atoms with van der Waals surface area (Å²) in [6.07, 6.45) is 0.802. The molecule has 0 bridgehead atoms. The van der Waals surface area contributed by atoms with Gasteiger partial charge in [0.2, 0.25) is 0 Å². The van der Waals surface area contributed by atoms with Crippen molar-refractivity contribution in [3.05, 3.63) is 0 Å². The van der Waals surface area contributed by atoms with Crippen LogP contribution in [0.4, 0.5) is 0 Å². The van der Waals surface area contributed by atoms with Crippen LogP contribution >= 0.6 is 0 Å². The molecule has 0 N–H and O–H groups in total. The van der Waals surface area contributed by atoms with Gasteiger partial charge in [-0.1, -0.05) is 27.7 Å². The van der Waals surface area contributed by atoms with Crippen LogP contribution in [0, 0.1) is 5.41 Å². The van der Waals surface area contributed by atoms with Crippen LogP contribution in [-0.4, -0.2) is 11.6 Å². The monoisotopic (exact) mass is 174 g/mol. The summed E-state index contributed by atoms with van der Waals surface area (Å²) in [6, 6.07) is 0. The second kappa shape index (κ2) is 2.01. The highest BCUT2D eigenvalue weighted by molar-refractivity contribution is 5.03. The molecule has 0 saturated carbocycles. The molecule has 0 aromatic rings. The maximum absolute atomic E-state index is 5.16. The summed E-state index contributed by atoms with van der Waals surface area (Å²) in [5.74, 6) is -0.903. The first kappa shape index (κ1) is 8.44. The Kier molecular flexibility index (Phi) is 1.41. The summed E-state index contributed by atoms with van der Waals surface area (Å²) in [7, 11) is 0. The zero-order valence-electron chi connectivity index (χ0n) is 7.84. The summed E-state index contributed by atoms with van der Waals surface area (Å²) >= 11 is 0. The van der Waals surface area contributed by atoms with E-state index in [9.17, 15) is 0 Å². The molecule has 1 unspecified atom stereocenters. The predicted molar refractivity (Wildman–Crippen MR) is 39.5 cm³/mol. The van der Waals surface area contributed by atoms with Gasteiger partial charge in [-0.3, -0.25) is 0 Å².